The number of benzene rings is 2. The maximum Gasteiger partial charge on any atom is 0.191 e. The van der Waals surface area contributed by atoms with Crippen LogP contribution >= 0.6 is 24.0 Å². The van der Waals surface area contributed by atoms with Crippen molar-refractivity contribution in [1.82, 2.24) is 10.6 Å². The molecule has 0 bridgehead atoms. The summed E-state index contributed by atoms with van der Waals surface area (Å²) in [5, 5.41) is 16.5. The predicted molar refractivity (Wildman–Crippen MR) is 126 cm³/mol. The number of halogens is 1. The first kappa shape index (κ1) is 24.4. The van der Waals surface area contributed by atoms with Gasteiger partial charge in [-0.3, -0.25) is 0 Å². The summed E-state index contributed by atoms with van der Waals surface area (Å²) in [6.07, 6.45) is 0.396. The van der Waals surface area contributed by atoms with Crippen molar-refractivity contribution < 1.29 is 9.84 Å². The molecule has 0 radical (unpaired) electrons. The Morgan fingerprint density at radius 2 is 1.68 bits per heavy atom. The van der Waals surface area contributed by atoms with Crippen molar-refractivity contribution in [3.05, 3.63) is 71.3 Å². The van der Waals surface area contributed by atoms with E-state index in [1.165, 1.54) is 11.1 Å². The van der Waals surface area contributed by atoms with Gasteiger partial charge in [-0.05, 0) is 30.0 Å². The fourth-order valence-electron chi connectivity index (χ4n) is 2.72. The van der Waals surface area contributed by atoms with Gasteiger partial charge in [0.2, 0.25) is 0 Å². The third-order valence-corrected chi connectivity index (χ3v) is 4.18. The topological polar surface area (TPSA) is 65.9 Å². The zero-order chi connectivity index (χ0) is 19.3. The van der Waals surface area contributed by atoms with Gasteiger partial charge in [0.15, 0.2) is 5.96 Å². The van der Waals surface area contributed by atoms with E-state index in [2.05, 4.69) is 40.7 Å². The van der Waals surface area contributed by atoms with Crippen LogP contribution in [-0.2, 0) is 24.3 Å². The van der Waals surface area contributed by atoms with E-state index in [4.69, 9.17) is 4.74 Å². The number of aliphatic hydroxyl groups excluding tert-OH is 1. The largest absolute Gasteiger partial charge is 0.389 e. The van der Waals surface area contributed by atoms with Crippen molar-refractivity contribution >= 4 is 29.9 Å². The molecule has 0 aromatic heterocycles. The molecule has 0 saturated carbocycles. The predicted octanol–water partition coefficient (Wildman–Crippen LogP) is 3.50. The minimum absolute atomic E-state index is 0. The number of nitrogens with one attached hydrogen (secondary N) is 2. The van der Waals surface area contributed by atoms with Gasteiger partial charge in [-0.25, -0.2) is 4.99 Å². The number of aliphatic imine (C=N–C) groups is 1. The summed E-state index contributed by atoms with van der Waals surface area (Å²) in [6, 6.07) is 18.3. The van der Waals surface area contributed by atoms with E-state index in [-0.39, 0.29) is 30.6 Å². The highest BCUT2D eigenvalue weighted by atomic mass is 127. The summed E-state index contributed by atoms with van der Waals surface area (Å²) in [4.78, 5) is 4.63. The second kappa shape index (κ2) is 14.4. The van der Waals surface area contributed by atoms with Gasteiger partial charge >= 0.3 is 0 Å². The van der Waals surface area contributed by atoms with Gasteiger partial charge < -0.3 is 20.5 Å². The standard InChI is InChI=1S/C22H31N3O2.HI/c1-3-19-12-8-9-13-20(19)14-24-22(23-4-2)25-15-21(26)17-27-16-18-10-6-5-7-11-18;/h5-13,21,26H,3-4,14-17H2,1-2H3,(H2,23,24,25);1H. The summed E-state index contributed by atoms with van der Waals surface area (Å²) in [6.45, 7) is 6.71. The summed E-state index contributed by atoms with van der Waals surface area (Å²) >= 11 is 0. The Hall–Kier alpha value is -1.64. The monoisotopic (exact) mass is 497 g/mol. The fraction of sp³-hybridized carbons (Fsp3) is 0.409. The highest BCUT2D eigenvalue weighted by Gasteiger charge is 2.07. The Balaban J connectivity index is 0.00000392. The van der Waals surface area contributed by atoms with E-state index in [1.54, 1.807) is 0 Å². The third kappa shape index (κ3) is 9.03. The number of ether oxygens (including phenoxy) is 1. The number of aryl methyl sites for hydroxylation is 1. The molecule has 2 rings (SSSR count). The Labute approximate surface area is 185 Å². The zero-order valence-corrected chi connectivity index (χ0v) is 19.1. The first-order chi connectivity index (χ1) is 13.2. The van der Waals surface area contributed by atoms with E-state index < -0.39 is 6.10 Å². The van der Waals surface area contributed by atoms with E-state index in [1.807, 2.05) is 43.3 Å². The third-order valence-electron chi connectivity index (χ3n) is 4.18. The average Bonchev–Trinajstić information content (AvgIpc) is 2.71. The SMILES string of the molecule is CCNC(=NCc1ccccc1CC)NCC(O)COCc1ccccc1.I. The Kier molecular flexibility index (Phi) is 12.5. The summed E-state index contributed by atoms with van der Waals surface area (Å²) in [5.74, 6) is 0.700. The second-order valence-electron chi connectivity index (χ2n) is 6.35. The molecule has 154 valence electrons. The summed E-state index contributed by atoms with van der Waals surface area (Å²) in [7, 11) is 0. The molecule has 0 aliphatic carbocycles. The maximum atomic E-state index is 10.1. The van der Waals surface area contributed by atoms with Crippen LogP contribution in [0.1, 0.15) is 30.5 Å². The maximum absolute atomic E-state index is 10.1. The number of hydrogen-bond acceptors (Lipinski definition) is 3. The van der Waals surface area contributed by atoms with E-state index in [0.717, 1.165) is 18.5 Å². The molecule has 0 heterocycles. The van der Waals surface area contributed by atoms with Gasteiger partial charge in [0.05, 0.1) is 25.9 Å². The molecular weight excluding hydrogens is 465 g/mol. The van der Waals surface area contributed by atoms with Gasteiger partial charge in [-0.2, -0.15) is 0 Å². The first-order valence-corrected chi connectivity index (χ1v) is 9.61. The van der Waals surface area contributed by atoms with Crippen molar-refractivity contribution in [1.29, 1.82) is 0 Å². The van der Waals surface area contributed by atoms with Crippen molar-refractivity contribution in [3.63, 3.8) is 0 Å². The van der Waals surface area contributed by atoms with Crippen molar-refractivity contribution in [3.8, 4) is 0 Å². The molecule has 0 aliphatic heterocycles. The van der Waals surface area contributed by atoms with E-state index >= 15 is 0 Å². The normalized spacial score (nSPS) is 12.2. The van der Waals surface area contributed by atoms with E-state index in [0.29, 0.717) is 25.7 Å². The minimum atomic E-state index is -0.597. The van der Waals surface area contributed by atoms with Crippen LogP contribution in [0, 0.1) is 0 Å². The number of nitrogens with zero attached hydrogens (tertiary/aromatic N) is 1. The fourth-order valence-corrected chi connectivity index (χ4v) is 2.72. The van der Waals surface area contributed by atoms with Crippen LogP contribution in [0.15, 0.2) is 59.6 Å². The lowest BCUT2D eigenvalue weighted by Crippen LogP contribution is -2.42. The second-order valence-corrected chi connectivity index (χ2v) is 6.35. The van der Waals surface area contributed by atoms with Crippen molar-refractivity contribution in [2.45, 2.75) is 39.5 Å². The molecule has 0 aliphatic rings. The first-order valence-electron chi connectivity index (χ1n) is 9.61. The van der Waals surface area contributed by atoms with Gasteiger partial charge in [-0.1, -0.05) is 61.5 Å². The quantitative estimate of drug-likeness (QED) is 0.267. The average molecular weight is 497 g/mol. The molecule has 0 saturated heterocycles. The minimum Gasteiger partial charge on any atom is -0.389 e. The molecule has 3 N–H and O–H groups in total. The molecule has 28 heavy (non-hydrogen) atoms. The van der Waals surface area contributed by atoms with Crippen LogP contribution < -0.4 is 10.6 Å². The zero-order valence-electron chi connectivity index (χ0n) is 16.7. The Morgan fingerprint density at radius 3 is 2.36 bits per heavy atom. The van der Waals surface area contributed by atoms with Crippen LogP contribution in [0.3, 0.4) is 0 Å². The van der Waals surface area contributed by atoms with E-state index in [9.17, 15) is 5.11 Å². The molecule has 1 atom stereocenters. The molecule has 6 heteroatoms. The summed E-state index contributed by atoms with van der Waals surface area (Å²) in [5.41, 5.74) is 3.64. The summed E-state index contributed by atoms with van der Waals surface area (Å²) < 4.78 is 5.58. The lowest BCUT2D eigenvalue weighted by atomic mass is 10.1. The Bertz CT molecular complexity index is 695. The highest BCUT2D eigenvalue weighted by molar-refractivity contribution is 14.0. The van der Waals surface area contributed by atoms with Crippen LogP contribution in [0.25, 0.3) is 0 Å². The number of aliphatic hydroxyl groups is 1. The number of guanidine groups is 1. The molecule has 0 fully saturated rings. The van der Waals surface area contributed by atoms with Gasteiger partial charge in [-0.15, -0.1) is 24.0 Å². The Morgan fingerprint density at radius 1 is 1.00 bits per heavy atom. The lowest BCUT2D eigenvalue weighted by molar-refractivity contribution is 0.0308. The number of rotatable bonds is 10. The highest BCUT2D eigenvalue weighted by Crippen LogP contribution is 2.10. The molecule has 2 aromatic carbocycles. The van der Waals surface area contributed by atoms with Gasteiger partial charge in [0.25, 0.3) is 0 Å². The lowest BCUT2D eigenvalue weighted by Gasteiger charge is -2.16. The number of hydrogen-bond donors (Lipinski definition) is 3. The molecule has 5 nitrogen and oxygen atoms in total. The molecule has 0 amide bonds. The van der Waals surface area contributed by atoms with Crippen molar-refractivity contribution in [2.24, 2.45) is 4.99 Å². The van der Waals surface area contributed by atoms with Crippen molar-refractivity contribution in [2.75, 3.05) is 19.7 Å². The van der Waals surface area contributed by atoms with Crippen LogP contribution in [0.5, 0.6) is 0 Å². The van der Waals surface area contributed by atoms with Crippen LogP contribution in [0.4, 0.5) is 0 Å². The molecule has 0 spiro atoms. The van der Waals surface area contributed by atoms with Crippen LogP contribution in [0.2, 0.25) is 0 Å². The molecular formula is C22H32IN3O2. The smallest absolute Gasteiger partial charge is 0.191 e. The van der Waals surface area contributed by atoms with Gasteiger partial charge in [0.1, 0.15) is 0 Å². The van der Waals surface area contributed by atoms with Crippen LogP contribution in [-0.4, -0.2) is 36.9 Å². The molecule has 1 unspecified atom stereocenters. The van der Waals surface area contributed by atoms with Gasteiger partial charge in [0, 0.05) is 13.1 Å². The molecule has 2 aromatic rings.